The number of imidazole rings is 1. The molecule has 13 nitrogen and oxygen atoms in total. The maximum absolute atomic E-state index is 14.4. The summed E-state index contributed by atoms with van der Waals surface area (Å²) in [7, 11) is 2.44. The molecule has 4 unspecified atom stereocenters. The van der Waals surface area contributed by atoms with Crippen molar-refractivity contribution in [2.75, 3.05) is 14.2 Å². The van der Waals surface area contributed by atoms with E-state index in [4.69, 9.17) is 31.1 Å². The van der Waals surface area contributed by atoms with E-state index in [1.54, 1.807) is 4.90 Å². The molecule has 12 rings (SSSR count). The molecule has 1 aromatic heterocycles. The molecule has 9 aliphatic rings. The summed E-state index contributed by atoms with van der Waals surface area (Å²) >= 11 is 6.80. The lowest BCUT2D eigenvalue weighted by Gasteiger charge is -2.34. The van der Waals surface area contributed by atoms with Crippen molar-refractivity contribution in [1.29, 1.82) is 0 Å². The Balaban J connectivity index is 0.723. The molecule has 14 atom stereocenters. The number of H-pyrrole nitrogens is 1. The van der Waals surface area contributed by atoms with Crippen LogP contribution >= 0.6 is 11.6 Å². The van der Waals surface area contributed by atoms with Gasteiger partial charge in [-0.2, -0.15) is 0 Å². The Morgan fingerprint density at radius 1 is 0.676 bits per heavy atom. The number of allylic oxidation sites excluding steroid dienone is 1. The minimum atomic E-state index is -2.71. The highest BCUT2D eigenvalue weighted by Gasteiger charge is 2.74. The first kappa shape index (κ1) is 43.8. The number of alkyl carbamates (subject to hydrolysis) is 2. The second-order valence-electron chi connectivity index (χ2n) is 20.9. The fourth-order valence-corrected chi connectivity index (χ4v) is 13.5. The average molecular weight is 958 g/mol. The molecule has 3 aromatic rings. The molecule has 3 aliphatic heterocycles. The van der Waals surface area contributed by atoms with E-state index in [2.05, 4.69) is 15.6 Å². The number of piperidine rings is 2. The van der Waals surface area contributed by atoms with Gasteiger partial charge in [0.05, 0.1) is 32.0 Å². The lowest BCUT2D eigenvalue weighted by atomic mass is 9.91. The van der Waals surface area contributed by atoms with E-state index in [1.165, 1.54) is 14.2 Å². The summed E-state index contributed by atoms with van der Waals surface area (Å²) in [6.07, 6.45) is 2.96. The van der Waals surface area contributed by atoms with Crippen LogP contribution in [-0.2, 0) is 19.1 Å². The zero-order valence-electron chi connectivity index (χ0n) is 37.7. The Kier molecular flexibility index (Phi) is 10.0. The van der Waals surface area contributed by atoms with Gasteiger partial charge in [0.2, 0.25) is 11.8 Å². The summed E-state index contributed by atoms with van der Waals surface area (Å²) in [6.45, 7) is 2.05. The molecule has 358 valence electrons. The first-order valence-electron chi connectivity index (χ1n) is 23.9. The van der Waals surface area contributed by atoms with Crippen LogP contribution in [0.1, 0.15) is 82.1 Å². The molecule has 8 fully saturated rings. The molecule has 3 N–H and O–H groups in total. The molecule has 4 heterocycles. The van der Waals surface area contributed by atoms with Crippen molar-refractivity contribution in [2.24, 2.45) is 52.3 Å². The van der Waals surface area contributed by atoms with Crippen LogP contribution < -0.4 is 10.6 Å². The number of aliphatic imine (C=N–C) groups is 1. The molecule has 18 heteroatoms. The number of hydrogen-bond acceptors (Lipinski definition) is 8. The van der Waals surface area contributed by atoms with Gasteiger partial charge in [0.15, 0.2) is 0 Å². The smallest absolute Gasteiger partial charge is 0.407 e. The Labute approximate surface area is 394 Å². The molecular formula is C50H52ClF4N7O6. The molecule has 0 bridgehead atoms. The summed E-state index contributed by atoms with van der Waals surface area (Å²) in [5.41, 5.74) is 7.03. The highest BCUT2D eigenvalue weighted by atomic mass is 35.5. The predicted molar refractivity (Wildman–Crippen MR) is 240 cm³/mol. The Morgan fingerprint density at radius 3 is 1.60 bits per heavy atom. The number of hydrogen-bond donors (Lipinski definition) is 3. The first-order valence-corrected chi connectivity index (χ1v) is 24.3. The van der Waals surface area contributed by atoms with Crippen LogP contribution in [0.25, 0.3) is 28.1 Å². The van der Waals surface area contributed by atoms with Crippen LogP contribution in [0.3, 0.4) is 0 Å². The fourth-order valence-electron chi connectivity index (χ4n) is 13.3. The number of aromatic nitrogens is 2. The van der Waals surface area contributed by atoms with Crippen molar-refractivity contribution in [1.82, 2.24) is 30.4 Å². The summed E-state index contributed by atoms with van der Waals surface area (Å²) in [5, 5.41) is 5.73. The van der Waals surface area contributed by atoms with E-state index in [1.807, 2.05) is 60.4 Å². The third-order valence-corrected chi connectivity index (χ3v) is 17.5. The van der Waals surface area contributed by atoms with Crippen LogP contribution in [0.15, 0.2) is 59.1 Å². The minimum Gasteiger partial charge on any atom is -0.453 e. The summed E-state index contributed by atoms with van der Waals surface area (Å²) in [4.78, 5) is 70.4. The number of ether oxygens (including phenoxy) is 2. The molecule has 2 saturated heterocycles. The van der Waals surface area contributed by atoms with Gasteiger partial charge in [0, 0.05) is 59.0 Å². The number of carbonyl (C=O) groups is 4. The Morgan fingerprint density at radius 2 is 1.12 bits per heavy atom. The van der Waals surface area contributed by atoms with E-state index in [-0.39, 0.29) is 67.5 Å². The molecule has 6 aliphatic carbocycles. The molecule has 68 heavy (non-hydrogen) atoms. The second kappa shape index (κ2) is 15.5. The number of alkyl halides is 4. The largest absolute Gasteiger partial charge is 0.453 e. The zero-order valence-corrected chi connectivity index (χ0v) is 38.4. The summed E-state index contributed by atoms with van der Waals surface area (Å²) in [6, 6.07) is 13.4. The fraction of sp³-hybridized carbons (Fsp3) is 0.560. The molecule has 0 radical (unpaired) electrons. The van der Waals surface area contributed by atoms with Gasteiger partial charge in [-0.15, -0.1) is 0 Å². The van der Waals surface area contributed by atoms with E-state index in [9.17, 15) is 36.7 Å². The summed E-state index contributed by atoms with van der Waals surface area (Å²) in [5.74, 6) is -8.59. The second-order valence-corrected chi connectivity index (χ2v) is 21.3. The Bertz CT molecular complexity index is 2670. The van der Waals surface area contributed by atoms with Crippen LogP contribution in [-0.4, -0.2) is 106 Å². The molecular weight excluding hydrogens is 906 g/mol. The van der Waals surface area contributed by atoms with Crippen molar-refractivity contribution in [3.63, 3.8) is 0 Å². The number of aromatic amines is 1. The predicted octanol–water partition coefficient (Wildman–Crippen LogP) is 8.66. The molecule has 4 amide bonds. The standard InChI is InChI=1S/C50H52ClF4N7O6/c1-21-12-34(37-19-26-17-35(26)61(37)45(63)41(58-47(65)67-2)28-13-30-31(14-28)49(30,52)53)56-39(21)24-8-4-22(5-9-24)23-6-10-25(11-7-23)40-43(51)60-44(57-40)38-20-27-18-36(27)62(38)46(64)42(59-48(66)68-3)29-15-32-33(16-29)50(32,54)55/h4-11,26-33,35-38,41-42H,12-20H2,1-3H3,(H,57,60)(H,58,65)(H,59,66)/t26-,27-,28?,29?,30-,31+,32-,33+,35-,36-,37+,38+,41?,42?/m1/s1. The number of fused-ring (bicyclic) bond motifs is 4. The van der Waals surface area contributed by atoms with E-state index >= 15 is 0 Å². The van der Waals surface area contributed by atoms with Crippen molar-refractivity contribution < 1.29 is 46.2 Å². The highest BCUT2D eigenvalue weighted by Crippen LogP contribution is 2.67. The van der Waals surface area contributed by atoms with Crippen molar-refractivity contribution in [3.8, 4) is 22.4 Å². The average Bonchev–Trinajstić information content (AvgIpc) is 4.07. The van der Waals surface area contributed by atoms with Gasteiger partial charge in [-0.3, -0.25) is 14.6 Å². The monoisotopic (exact) mass is 957 g/mol. The number of nitrogens with zero attached hydrogens (tertiary/aromatic N) is 4. The van der Waals surface area contributed by atoms with Gasteiger partial charge in [0.1, 0.15) is 28.8 Å². The van der Waals surface area contributed by atoms with Gasteiger partial charge in [-0.1, -0.05) is 60.1 Å². The first-order chi connectivity index (χ1) is 32.5. The topological polar surface area (TPSA) is 158 Å². The number of amides is 4. The number of rotatable bonds is 11. The summed E-state index contributed by atoms with van der Waals surface area (Å²) < 4.78 is 66.3. The van der Waals surface area contributed by atoms with Gasteiger partial charge in [-0.25, -0.2) is 32.1 Å². The zero-order chi connectivity index (χ0) is 47.3. The Hall–Kier alpha value is -5.45. The van der Waals surface area contributed by atoms with Gasteiger partial charge in [0.25, 0.3) is 11.8 Å². The van der Waals surface area contributed by atoms with Crippen molar-refractivity contribution >= 4 is 47.0 Å². The molecule has 6 saturated carbocycles. The minimum absolute atomic E-state index is 0.0295. The number of likely N-dealkylation sites (tertiary alicyclic amines) is 2. The lowest BCUT2D eigenvalue weighted by Crippen LogP contribution is -2.55. The SMILES string of the molecule is COC(=O)NC(C(=O)N1[C@@H]2C[C@@H]2C[C@H]1C1=NC(c2ccc(-c3ccc(-c4nc([C@@H]5C[C@H]6C[C@H]6N5C(=O)C(NC(=O)OC)C5C[C@@H]6[C@H](C5)C6(F)F)[nH]c4Cl)cc3)cc2)=C(C)C1)C1C[C@@H]2[C@H](C1)C2(F)F. The number of methoxy groups -OCH3 is 2. The van der Waals surface area contributed by atoms with Crippen LogP contribution in [0, 0.1) is 47.3 Å². The third kappa shape index (κ3) is 7.05. The third-order valence-electron chi connectivity index (χ3n) is 17.2. The number of benzene rings is 2. The maximum Gasteiger partial charge on any atom is 0.407 e. The van der Waals surface area contributed by atoms with Gasteiger partial charge < -0.3 is 34.9 Å². The number of carbonyl (C=O) groups excluding carboxylic acids is 4. The normalized spacial score (nSPS) is 34.6. The van der Waals surface area contributed by atoms with Crippen molar-refractivity contribution in [3.05, 3.63) is 70.6 Å². The highest BCUT2D eigenvalue weighted by molar-refractivity contribution is 6.32. The molecule has 2 aromatic carbocycles. The van der Waals surface area contributed by atoms with E-state index in [0.717, 1.165) is 58.5 Å². The van der Waals surface area contributed by atoms with Crippen LogP contribution in [0.4, 0.5) is 27.2 Å². The van der Waals surface area contributed by atoms with Crippen LogP contribution in [0.2, 0.25) is 5.15 Å². The van der Waals surface area contributed by atoms with E-state index in [0.29, 0.717) is 35.4 Å². The quantitative estimate of drug-likeness (QED) is 0.162. The van der Waals surface area contributed by atoms with Gasteiger partial charge in [-0.05, 0) is 98.7 Å². The van der Waals surface area contributed by atoms with E-state index < -0.39 is 71.7 Å². The molecule has 0 spiro atoms. The van der Waals surface area contributed by atoms with Crippen LogP contribution in [0.5, 0.6) is 0 Å². The number of halogens is 5. The number of nitrogens with one attached hydrogen (secondary N) is 3. The van der Waals surface area contributed by atoms with Gasteiger partial charge >= 0.3 is 12.2 Å². The van der Waals surface area contributed by atoms with Crippen molar-refractivity contribution in [2.45, 2.75) is 113 Å². The maximum atomic E-state index is 14.4. The lowest BCUT2D eigenvalue weighted by molar-refractivity contribution is -0.137.